The summed E-state index contributed by atoms with van der Waals surface area (Å²) >= 11 is 5.02. The molecule has 1 atom stereocenters. The number of piperidine rings is 1. The van der Waals surface area contributed by atoms with Crippen LogP contribution in [0.4, 0.5) is 0 Å². The maximum Gasteiger partial charge on any atom is 0.119 e. The Labute approximate surface area is 61.7 Å². The first-order valence-corrected chi connectivity index (χ1v) is 3.67. The van der Waals surface area contributed by atoms with Crippen molar-refractivity contribution in [2.24, 2.45) is 0 Å². The van der Waals surface area contributed by atoms with Gasteiger partial charge in [0, 0.05) is 26.5 Å². The molecule has 53 valence electrons. The van der Waals surface area contributed by atoms with Gasteiger partial charge in [-0.2, -0.15) is 0 Å². The molecule has 0 aliphatic carbocycles. The third-order valence-electron chi connectivity index (χ3n) is 1.67. The van der Waals surface area contributed by atoms with E-state index >= 15 is 0 Å². The van der Waals surface area contributed by atoms with Gasteiger partial charge in [0.1, 0.15) is 6.23 Å². The molecule has 1 radical (unpaired) electrons. The zero-order valence-corrected chi connectivity index (χ0v) is 6.49. The van der Waals surface area contributed by atoms with Gasteiger partial charge in [0.2, 0.25) is 0 Å². The van der Waals surface area contributed by atoms with Gasteiger partial charge in [-0.25, -0.2) is 4.31 Å². The fourth-order valence-corrected chi connectivity index (χ4v) is 1.43. The second-order valence-corrected chi connectivity index (χ2v) is 2.80. The van der Waals surface area contributed by atoms with E-state index in [1.54, 1.807) is 7.11 Å². The molecule has 0 saturated carbocycles. The summed E-state index contributed by atoms with van der Waals surface area (Å²) in [7, 11) is 1.72. The van der Waals surface area contributed by atoms with E-state index in [-0.39, 0.29) is 6.23 Å². The van der Waals surface area contributed by atoms with E-state index in [1.807, 2.05) is 4.31 Å². The van der Waals surface area contributed by atoms with Crippen LogP contribution in [0.15, 0.2) is 0 Å². The Morgan fingerprint density at radius 2 is 2.33 bits per heavy atom. The van der Waals surface area contributed by atoms with Crippen LogP contribution in [0.1, 0.15) is 19.3 Å². The Kier molecular flexibility index (Phi) is 2.82. The highest BCUT2D eigenvalue weighted by atomic mass is 32.1. The molecule has 9 heavy (non-hydrogen) atoms. The van der Waals surface area contributed by atoms with E-state index in [4.69, 9.17) is 17.6 Å². The van der Waals surface area contributed by atoms with Crippen molar-refractivity contribution < 1.29 is 4.74 Å². The smallest absolute Gasteiger partial charge is 0.119 e. The Morgan fingerprint density at radius 1 is 1.56 bits per heavy atom. The lowest BCUT2D eigenvalue weighted by molar-refractivity contribution is -0.00105. The van der Waals surface area contributed by atoms with Crippen molar-refractivity contribution in [3.63, 3.8) is 0 Å². The van der Waals surface area contributed by atoms with Crippen molar-refractivity contribution in [3.05, 3.63) is 0 Å². The number of rotatable bonds is 1. The van der Waals surface area contributed by atoms with E-state index in [2.05, 4.69) is 0 Å². The highest BCUT2D eigenvalue weighted by Crippen LogP contribution is 2.18. The van der Waals surface area contributed by atoms with Crippen molar-refractivity contribution in [2.75, 3.05) is 13.7 Å². The van der Waals surface area contributed by atoms with Crippen molar-refractivity contribution >= 4 is 12.8 Å². The number of hydrogen-bond acceptors (Lipinski definition) is 2. The first kappa shape index (κ1) is 7.38. The second kappa shape index (κ2) is 3.44. The quantitative estimate of drug-likeness (QED) is 0.556. The molecule has 1 aliphatic heterocycles. The molecule has 0 aromatic heterocycles. The van der Waals surface area contributed by atoms with Crippen LogP contribution in [0.2, 0.25) is 0 Å². The first-order chi connectivity index (χ1) is 4.34. The average molecular weight is 146 g/mol. The van der Waals surface area contributed by atoms with Gasteiger partial charge >= 0.3 is 0 Å². The molecule has 0 aromatic rings. The molecule has 1 fully saturated rings. The Bertz CT molecular complexity index is 89.1. The lowest BCUT2D eigenvalue weighted by atomic mass is 10.1. The van der Waals surface area contributed by atoms with Crippen molar-refractivity contribution in [3.8, 4) is 0 Å². The minimum Gasteiger partial charge on any atom is -0.366 e. The Morgan fingerprint density at radius 3 is 2.78 bits per heavy atom. The van der Waals surface area contributed by atoms with E-state index in [0.29, 0.717) is 0 Å². The molecule has 0 aromatic carbocycles. The van der Waals surface area contributed by atoms with Crippen LogP contribution in [0.5, 0.6) is 0 Å². The molecule has 1 heterocycles. The molecular weight excluding hydrogens is 134 g/mol. The third-order valence-corrected chi connectivity index (χ3v) is 2.09. The standard InChI is InChI=1S/C6H12NOS/c1-8-6-4-2-3-5-7(6)9/h6H,2-5H2,1H3. The summed E-state index contributed by atoms with van der Waals surface area (Å²) < 4.78 is 6.98. The van der Waals surface area contributed by atoms with Crippen molar-refractivity contribution in [2.45, 2.75) is 25.5 Å². The van der Waals surface area contributed by atoms with E-state index in [9.17, 15) is 0 Å². The highest BCUT2D eigenvalue weighted by molar-refractivity contribution is 7.77. The molecule has 0 N–H and O–H groups in total. The second-order valence-electron chi connectivity index (χ2n) is 2.33. The van der Waals surface area contributed by atoms with Gasteiger partial charge in [0.25, 0.3) is 0 Å². The van der Waals surface area contributed by atoms with Gasteiger partial charge in [-0.05, 0) is 19.3 Å². The van der Waals surface area contributed by atoms with Gasteiger partial charge < -0.3 is 4.74 Å². The topological polar surface area (TPSA) is 12.5 Å². The van der Waals surface area contributed by atoms with Crippen LogP contribution in [-0.2, 0) is 4.74 Å². The predicted octanol–water partition coefficient (Wildman–Crippen LogP) is 1.56. The molecule has 1 aliphatic rings. The maximum atomic E-state index is 5.13. The molecular formula is C6H12NOS. The van der Waals surface area contributed by atoms with Crippen molar-refractivity contribution in [1.82, 2.24) is 4.31 Å². The monoisotopic (exact) mass is 146 g/mol. The van der Waals surface area contributed by atoms with E-state index in [1.165, 1.54) is 12.8 Å². The number of nitrogens with zero attached hydrogens (tertiary/aromatic N) is 1. The van der Waals surface area contributed by atoms with Crippen LogP contribution in [0.3, 0.4) is 0 Å². The molecule has 1 rings (SSSR count). The Hall–Kier alpha value is 0.270. The maximum absolute atomic E-state index is 5.13. The van der Waals surface area contributed by atoms with Crippen molar-refractivity contribution in [1.29, 1.82) is 0 Å². The molecule has 1 unspecified atom stereocenters. The largest absolute Gasteiger partial charge is 0.366 e. The van der Waals surface area contributed by atoms with Crippen LogP contribution >= 0.6 is 12.8 Å². The molecule has 0 bridgehead atoms. The van der Waals surface area contributed by atoms with Gasteiger partial charge in [-0.15, -0.1) is 0 Å². The summed E-state index contributed by atoms with van der Waals surface area (Å²) in [6.45, 7) is 1.01. The van der Waals surface area contributed by atoms with Crippen LogP contribution in [-0.4, -0.2) is 24.2 Å². The fraction of sp³-hybridized carbons (Fsp3) is 1.00. The summed E-state index contributed by atoms with van der Waals surface area (Å²) in [6, 6.07) is 0. The first-order valence-electron chi connectivity index (χ1n) is 3.31. The summed E-state index contributed by atoms with van der Waals surface area (Å²) in [4.78, 5) is 0. The lowest BCUT2D eigenvalue weighted by Crippen LogP contribution is -2.33. The highest BCUT2D eigenvalue weighted by Gasteiger charge is 2.18. The number of hydrogen-bond donors (Lipinski definition) is 0. The fourth-order valence-electron chi connectivity index (χ4n) is 1.11. The molecule has 2 nitrogen and oxygen atoms in total. The summed E-state index contributed by atoms with van der Waals surface area (Å²) in [5.74, 6) is 0. The third kappa shape index (κ3) is 1.85. The normalized spacial score (nSPS) is 30.7. The predicted molar refractivity (Wildman–Crippen MR) is 38.9 cm³/mol. The minimum absolute atomic E-state index is 0.203. The van der Waals surface area contributed by atoms with Crippen LogP contribution < -0.4 is 0 Å². The zero-order valence-electron chi connectivity index (χ0n) is 5.67. The SMILES string of the molecule is COC1CCCCN1[S]. The summed E-state index contributed by atoms with van der Waals surface area (Å²) in [6.07, 6.45) is 3.78. The zero-order chi connectivity index (χ0) is 6.69. The average Bonchev–Trinajstić information content (AvgIpc) is 1.89. The van der Waals surface area contributed by atoms with Crippen LogP contribution in [0, 0.1) is 0 Å². The van der Waals surface area contributed by atoms with Gasteiger partial charge in [0.05, 0.1) is 0 Å². The molecule has 0 spiro atoms. The van der Waals surface area contributed by atoms with Gasteiger partial charge in [-0.3, -0.25) is 0 Å². The lowest BCUT2D eigenvalue weighted by Gasteiger charge is -2.28. The van der Waals surface area contributed by atoms with E-state index in [0.717, 1.165) is 13.0 Å². The number of methoxy groups -OCH3 is 1. The minimum atomic E-state index is 0.203. The molecule has 0 amide bonds. The molecule has 3 heteroatoms. The van der Waals surface area contributed by atoms with Crippen LogP contribution in [0.25, 0.3) is 0 Å². The van der Waals surface area contributed by atoms with Gasteiger partial charge in [-0.1, -0.05) is 0 Å². The van der Waals surface area contributed by atoms with Gasteiger partial charge in [0.15, 0.2) is 0 Å². The molecule has 1 saturated heterocycles. The summed E-state index contributed by atoms with van der Waals surface area (Å²) in [5, 5.41) is 0. The summed E-state index contributed by atoms with van der Waals surface area (Å²) in [5.41, 5.74) is 0. The van der Waals surface area contributed by atoms with E-state index < -0.39 is 0 Å². The number of ether oxygens (including phenoxy) is 1. The Balaban J connectivity index is 2.30.